The lowest BCUT2D eigenvalue weighted by atomic mass is 10.3. The molecule has 92 valence electrons. The Labute approximate surface area is 98.6 Å². The van der Waals surface area contributed by atoms with Crippen molar-refractivity contribution in [2.24, 2.45) is 5.73 Å². The highest BCUT2D eigenvalue weighted by Crippen LogP contribution is 2.15. The molecule has 0 aliphatic rings. The number of carbonyl (C=O) groups is 2. The van der Waals surface area contributed by atoms with Crippen LogP contribution in [0.5, 0.6) is 0 Å². The third-order valence-electron chi connectivity index (χ3n) is 1.73. The van der Waals surface area contributed by atoms with Gasteiger partial charge in [-0.15, -0.1) is 0 Å². The van der Waals surface area contributed by atoms with Crippen molar-refractivity contribution in [1.82, 2.24) is 5.32 Å². The minimum atomic E-state index is -1.90. The van der Waals surface area contributed by atoms with E-state index in [0.29, 0.717) is 0 Å². The molecule has 8 heteroatoms. The molecule has 0 fully saturated rings. The van der Waals surface area contributed by atoms with E-state index in [1.54, 1.807) is 5.32 Å². The van der Waals surface area contributed by atoms with Crippen LogP contribution >= 0.6 is 0 Å². The van der Waals surface area contributed by atoms with Gasteiger partial charge in [-0.05, 0) is 18.2 Å². The first-order valence-electron chi connectivity index (χ1n) is 4.43. The second-order valence-corrected chi connectivity index (χ2v) is 4.51. The molecule has 5 N–H and O–H groups in total. The summed E-state index contributed by atoms with van der Waals surface area (Å²) in [5.74, 6) is -2.16. The highest BCUT2D eigenvalue weighted by atomic mass is 32.2. The highest BCUT2D eigenvalue weighted by molar-refractivity contribution is 7.85. The molecule has 1 rings (SSSR count). The molecule has 0 spiro atoms. The maximum Gasteiger partial charge on any atom is 0.318 e. The molecule has 0 aromatic heterocycles. The van der Waals surface area contributed by atoms with E-state index in [1.165, 1.54) is 12.1 Å². The number of carbonyl (C=O) groups excluding carboxylic acids is 2. The summed E-state index contributed by atoms with van der Waals surface area (Å²) in [6, 6.07) is 2.53. The summed E-state index contributed by atoms with van der Waals surface area (Å²) in [5, 5.41) is 1.73. The number of halogens is 1. The number of nitrogens with one attached hydrogen (secondary N) is 1. The van der Waals surface area contributed by atoms with E-state index in [9.17, 15) is 18.2 Å². The van der Waals surface area contributed by atoms with Crippen LogP contribution in [0.15, 0.2) is 23.1 Å². The SMILES string of the molecule is NC(=O)NC(=O)CS(=O)c1ccc(N)cc1F. The molecule has 1 aromatic rings. The predicted octanol–water partition coefficient (Wildman–Crippen LogP) is -0.290. The average Bonchev–Trinajstić information content (AvgIpc) is 2.15. The fraction of sp³-hybridized carbons (Fsp3) is 0.111. The molecule has 17 heavy (non-hydrogen) atoms. The van der Waals surface area contributed by atoms with Gasteiger partial charge >= 0.3 is 6.03 Å². The van der Waals surface area contributed by atoms with E-state index in [4.69, 9.17) is 11.5 Å². The smallest absolute Gasteiger partial charge is 0.318 e. The number of primary amides is 1. The zero-order valence-corrected chi connectivity index (χ0v) is 9.42. The van der Waals surface area contributed by atoms with Crippen molar-refractivity contribution in [1.29, 1.82) is 0 Å². The lowest BCUT2D eigenvalue weighted by Crippen LogP contribution is -2.37. The number of imide groups is 1. The van der Waals surface area contributed by atoms with Crippen molar-refractivity contribution in [2.75, 3.05) is 11.5 Å². The largest absolute Gasteiger partial charge is 0.399 e. The Hall–Kier alpha value is -1.96. The molecule has 3 amide bonds. The third kappa shape index (κ3) is 3.83. The summed E-state index contributed by atoms with van der Waals surface area (Å²) < 4.78 is 24.9. The van der Waals surface area contributed by atoms with Crippen molar-refractivity contribution >= 4 is 28.4 Å². The molecule has 0 bridgehead atoms. The molecular formula is C9H10FN3O3S. The van der Waals surface area contributed by atoms with Crippen molar-refractivity contribution in [3.05, 3.63) is 24.0 Å². The van der Waals surface area contributed by atoms with Gasteiger partial charge in [0.15, 0.2) is 0 Å². The van der Waals surface area contributed by atoms with Crippen LogP contribution in [0.2, 0.25) is 0 Å². The van der Waals surface area contributed by atoms with Gasteiger partial charge in [0.25, 0.3) is 0 Å². The first-order valence-corrected chi connectivity index (χ1v) is 5.74. The fourth-order valence-corrected chi connectivity index (χ4v) is 2.03. The Morgan fingerprint density at radius 2 is 2.06 bits per heavy atom. The van der Waals surface area contributed by atoms with Gasteiger partial charge in [-0.2, -0.15) is 0 Å². The number of amides is 3. The van der Waals surface area contributed by atoms with Crippen LogP contribution in [0.1, 0.15) is 0 Å². The number of anilines is 1. The van der Waals surface area contributed by atoms with Crippen LogP contribution < -0.4 is 16.8 Å². The summed E-state index contributed by atoms with van der Waals surface area (Å²) in [5.41, 5.74) is 10.2. The van der Waals surface area contributed by atoms with Crippen LogP contribution in [0, 0.1) is 5.82 Å². The third-order valence-corrected chi connectivity index (χ3v) is 3.07. The molecule has 0 saturated heterocycles. The zero-order chi connectivity index (χ0) is 13.0. The van der Waals surface area contributed by atoms with Crippen molar-refractivity contribution in [2.45, 2.75) is 4.90 Å². The minimum Gasteiger partial charge on any atom is -0.399 e. The van der Waals surface area contributed by atoms with Crippen molar-refractivity contribution in [3.8, 4) is 0 Å². The van der Waals surface area contributed by atoms with Crippen LogP contribution in [-0.2, 0) is 15.6 Å². The molecule has 1 aromatic carbocycles. The molecule has 0 aliphatic heterocycles. The molecular weight excluding hydrogens is 249 g/mol. The Bertz CT molecular complexity index is 492. The molecule has 0 aliphatic carbocycles. The van der Waals surface area contributed by atoms with Gasteiger partial charge in [-0.3, -0.25) is 14.3 Å². The van der Waals surface area contributed by atoms with Crippen molar-refractivity contribution in [3.63, 3.8) is 0 Å². The molecule has 0 radical (unpaired) electrons. The fourth-order valence-electron chi connectivity index (χ4n) is 1.07. The molecule has 0 saturated carbocycles. The molecule has 0 heterocycles. The highest BCUT2D eigenvalue weighted by Gasteiger charge is 2.15. The van der Waals surface area contributed by atoms with Gasteiger partial charge in [-0.1, -0.05) is 0 Å². The normalized spacial score (nSPS) is 11.8. The number of hydrogen-bond donors (Lipinski definition) is 3. The summed E-state index contributed by atoms with van der Waals surface area (Å²) in [7, 11) is -1.90. The van der Waals surface area contributed by atoms with Gasteiger partial charge in [0, 0.05) is 5.69 Å². The van der Waals surface area contributed by atoms with Crippen LogP contribution in [0.3, 0.4) is 0 Å². The Kier molecular flexibility index (Phi) is 4.16. The van der Waals surface area contributed by atoms with Crippen molar-refractivity contribution < 1.29 is 18.2 Å². The predicted molar refractivity (Wildman–Crippen MR) is 59.8 cm³/mol. The van der Waals surface area contributed by atoms with Crippen LogP contribution in [0.25, 0.3) is 0 Å². The van der Waals surface area contributed by atoms with E-state index < -0.39 is 34.3 Å². The zero-order valence-electron chi connectivity index (χ0n) is 8.60. The van der Waals surface area contributed by atoms with Crippen LogP contribution in [0.4, 0.5) is 14.9 Å². The second-order valence-electron chi connectivity index (χ2n) is 3.09. The van der Waals surface area contributed by atoms with E-state index in [-0.39, 0.29) is 10.6 Å². The minimum absolute atomic E-state index is 0.154. The summed E-state index contributed by atoms with van der Waals surface area (Å²) in [6.45, 7) is 0. The molecule has 6 nitrogen and oxygen atoms in total. The van der Waals surface area contributed by atoms with Gasteiger partial charge < -0.3 is 11.5 Å². The average molecular weight is 259 g/mol. The second kappa shape index (κ2) is 5.39. The molecule has 1 atom stereocenters. The van der Waals surface area contributed by atoms with Crippen LogP contribution in [-0.4, -0.2) is 21.9 Å². The maximum absolute atomic E-state index is 13.3. The summed E-state index contributed by atoms with van der Waals surface area (Å²) >= 11 is 0. The topological polar surface area (TPSA) is 115 Å². The first kappa shape index (κ1) is 13.1. The standard InChI is InChI=1S/C9H10FN3O3S/c10-6-3-5(11)1-2-7(6)17(16)4-8(14)13-9(12)15/h1-3H,4,11H2,(H3,12,13,14,15). The van der Waals surface area contributed by atoms with E-state index in [1.807, 2.05) is 0 Å². The number of urea groups is 1. The van der Waals surface area contributed by atoms with Gasteiger partial charge in [0.05, 0.1) is 15.7 Å². The summed E-state index contributed by atoms with van der Waals surface area (Å²) in [6.07, 6.45) is 0. The number of nitrogen functional groups attached to an aromatic ring is 1. The lowest BCUT2D eigenvalue weighted by molar-refractivity contribution is -0.117. The lowest BCUT2D eigenvalue weighted by Gasteiger charge is -2.04. The van der Waals surface area contributed by atoms with E-state index >= 15 is 0 Å². The number of nitrogens with two attached hydrogens (primary N) is 2. The maximum atomic E-state index is 13.3. The van der Waals surface area contributed by atoms with E-state index in [2.05, 4.69) is 0 Å². The Balaban J connectivity index is 2.76. The monoisotopic (exact) mass is 259 g/mol. The summed E-state index contributed by atoms with van der Waals surface area (Å²) in [4.78, 5) is 21.2. The quantitative estimate of drug-likeness (QED) is 0.647. The van der Waals surface area contributed by atoms with E-state index in [0.717, 1.165) is 6.07 Å². The molecule has 1 unspecified atom stereocenters. The Morgan fingerprint density at radius 3 is 2.59 bits per heavy atom. The first-order chi connectivity index (χ1) is 7.90. The number of benzene rings is 1. The van der Waals surface area contributed by atoms with Gasteiger partial charge in [-0.25, -0.2) is 9.18 Å². The number of hydrogen-bond acceptors (Lipinski definition) is 4. The Morgan fingerprint density at radius 1 is 1.41 bits per heavy atom. The number of rotatable bonds is 3. The van der Waals surface area contributed by atoms with Gasteiger partial charge in [0.2, 0.25) is 5.91 Å². The van der Waals surface area contributed by atoms with Gasteiger partial charge in [0.1, 0.15) is 11.6 Å².